The van der Waals surface area contributed by atoms with Gasteiger partial charge in [-0.25, -0.2) is 4.79 Å². The maximum absolute atomic E-state index is 13.2. The van der Waals surface area contributed by atoms with Gasteiger partial charge in [0.15, 0.2) is 0 Å². The van der Waals surface area contributed by atoms with Crippen molar-refractivity contribution in [3.8, 4) is 0 Å². The van der Waals surface area contributed by atoms with E-state index >= 15 is 0 Å². The van der Waals surface area contributed by atoms with Gasteiger partial charge in [0, 0.05) is 18.0 Å². The van der Waals surface area contributed by atoms with Crippen molar-refractivity contribution in [1.29, 1.82) is 0 Å². The van der Waals surface area contributed by atoms with Crippen molar-refractivity contribution >= 4 is 29.5 Å². The number of ether oxygens (including phenoxy) is 1. The van der Waals surface area contributed by atoms with Crippen LogP contribution in [0.3, 0.4) is 0 Å². The van der Waals surface area contributed by atoms with E-state index in [9.17, 15) is 9.00 Å². The summed E-state index contributed by atoms with van der Waals surface area (Å²) in [6.07, 6.45) is 1.31. The fraction of sp³-hybridized carbons (Fsp3) is 0.682. The van der Waals surface area contributed by atoms with Crippen molar-refractivity contribution in [2.75, 3.05) is 13.1 Å². The average molecular weight is 435 g/mol. The Morgan fingerprint density at radius 1 is 1.13 bits per heavy atom. The summed E-state index contributed by atoms with van der Waals surface area (Å²) in [6.45, 7) is 14.7. The third-order valence-corrected chi connectivity index (χ3v) is 7.70. The third kappa shape index (κ3) is 5.09. The average Bonchev–Trinajstić information content (AvgIpc) is 2.87. The summed E-state index contributed by atoms with van der Waals surface area (Å²) < 4.78 is 30.8. The van der Waals surface area contributed by atoms with Crippen LogP contribution in [0.15, 0.2) is 29.2 Å². The van der Waals surface area contributed by atoms with E-state index in [0.29, 0.717) is 13.1 Å². The van der Waals surface area contributed by atoms with Gasteiger partial charge in [0.25, 0.3) is 0 Å². The van der Waals surface area contributed by atoms with Crippen LogP contribution in [0.2, 0.25) is 0 Å². The molecule has 1 aromatic carbocycles. The monoisotopic (exact) mass is 435 g/mol. The molecule has 0 radical (unpaired) electrons. The first kappa shape index (κ1) is 23.3. The summed E-state index contributed by atoms with van der Waals surface area (Å²) in [6, 6.07) is 7.60. The fourth-order valence-electron chi connectivity index (χ4n) is 3.54. The molecule has 2 atom stereocenters. The minimum atomic E-state index is -1.20. The Labute approximate surface area is 183 Å². The second kappa shape index (κ2) is 8.28. The molecule has 0 spiro atoms. The zero-order valence-electron chi connectivity index (χ0n) is 19.2. The highest BCUT2D eigenvalue weighted by Gasteiger charge is 2.51. The minimum absolute atomic E-state index is 0.103. The predicted molar refractivity (Wildman–Crippen MR) is 119 cm³/mol. The van der Waals surface area contributed by atoms with Gasteiger partial charge >= 0.3 is 13.2 Å². The quantitative estimate of drug-likeness (QED) is 0.681. The van der Waals surface area contributed by atoms with E-state index in [1.165, 1.54) is 0 Å². The van der Waals surface area contributed by atoms with Gasteiger partial charge < -0.3 is 18.9 Å². The molecule has 1 amide bonds. The molecule has 0 aromatic heterocycles. The maximum Gasteiger partial charge on any atom is 0.494 e. The number of hydrogen-bond donors (Lipinski definition) is 0. The topological polar surface area (TPSA) is 65.1 Å². The molecule has 0 aliphatic carbocycles. The van der Waals surface area contributed by atoms with Crippen molar-refractivity contribution in [2.24, 2.45) is 0 Å². The van der Waals surface area contributed by atoms with Crippen LogP contribution in [-0.2, 0) is 24.8 Å². The molecular weight excluding hydrogens is 401 g/mol. The largest absolute Gasteiger partial charge is 0.494 e. The van der Waals surface area contributed by atoms with Crippen LogP contribution in [0.25, 0.3) is 0 Å². The van der Waals surface area contributed by atoms with Gasteiger partial charge in [-0.2, -0.15) is 0 Å². The number of likely N-dealkylation sites (tertiary alicyclic amines) is 1. The van der Waals surface area contributed by atoms with E-state index in [0.717, 1.165) is 23.2 Å². The molecule has 30 heavy (non-hydrogen) atoms. The molecule has 0 N–H and O–H groups in total. The number of rotatable bonds is 3. The van der Waals surface area contributed by atoms with Crippen LogP contribution in [0.1, 0.15) is 61.3 Å². The van der Waals surface area contributed by atoms with E-state index < -0.39 is 34.7 Å². The summed E-state index contributed by atoms with van der Waals surface area (Å²) in [7, 11) is -1.64. The van der Waals surface area contributed by atoms with Gasteiger partial charge in [-0.05, 0) is 78.9 Å². The Bertz CT molecular complexity index is 787. The molecular formula is C22H34BNO5S. The molecule has 3 rings (SSSR count). The SMILES string of the molecule is CC(C)(C)OC(=O)N1CCCC(S(=O)c2ccc(B3OC(C)(C)C(C)(C)O3)cc2)C1. The van der Waals surface area contributed by atoms with E-state index in [4.69, 9.17) is 14.0 Å². The minimum Gasteiger partial charge on any atom is -0.444 e. The molecule has 2 saturated heterocycles. The van der Waals surface area contributed by atoms with Gasteiger partial charge in [-0.1, -0.05) is 12.1 Å². The second-order valence-electron chi connectivity index (χ2n) is 10.1. The van der Waals surface area contributed by atoms with Crippen LogP contribution < -0.4 is 5.46 Å². The normalized spacial score (nSPS) is 24.6. The van der Waals surface area contributed by atoms with Crippen LogP contribution in [-0.4, -0.2) is 57.5 Å². The summed E-state index contributed by atoms with van der Waals surface area (Å²) in [5.41, 5.74) is -0.418. The van der Waals surface area contributed by atoms with Crippen LogP contribution in [0, 0.1) is 0 Å². The smallest absolute Gasteiger partial charge is 0.444 e. The third-order valence-electron chi connectivity index (χ3n) is 5.97. The van der Waals surface area contributed by atoms with E-state index in [2.05, 4.69) is 0 Å². The Kier molecular flexibility index (Phi) is 6.43. The van der Waals surface area contributed by atoms with Crippen molar-refractivity contribution in [3.63, 3.8) is 0 Å². The highest BCUT2D eigenvalue weighted by atomic mass is 32.2. The lowest BCUT2D eigenvalue weighted by molar-refractivity contribution is 0.00578. The van der Waals surface area contributed by atoms with E-state index in [-0.39, 0.29) is 11.3 Å². The number of amides is 1. The summed E-state index contributed by atoms with van der Waals surface area (Å²) >= 11 is 0. The predicted octanol–water partition coefficient (Wildman–Crippen LogP) is 3.49. The summed E-state index contributed by atoms with van der Waals surface area (Å²) in [5, 5.41) is -0.103. The zero-order chi connectivity index (χ0) is 22.3. The highest BCUT2D eigenvalue weighted by Crippen LogP contribution is 2.36. The molecule has 0 bridgehead atoms. The summed E-state index contributed by atoms with van der Waals surface area (Å²) in [4.78, 5) is 14.8. The lowest BCUT2D eigenvalue weighted by Gasteiger charge is -2.33. The number of piperidine rings is 1. The molecule has 6 nitrogen and oxygen atoms in total. The van der Waals surface area contributed by atoms with E-state index in [1.807, 2.05) is 72.7 Å². The van der Waals surface area contributed by atoms with Gasteiger partial charge in [0.1, 0.15) is 5.60 Å². The van der Waals surface area contributed by atoms with Crippen LogP contribution in [0.4, 0.5) is 4.79 Å². The Morgan fingerprint density at radius 3 is 2.23 bits per heavy atom. The number of hydrogen-bond acceptors (Lipinski definition) is 5. The number of carbonyl (C=O) groups excluding carboxylic acids is 1. The molecule has 2 aliphatic rings. The number of benzene rings is 1. The van der Waals surface area contributed by atoms with Gasteiger partial charge in [0.05, 0.1) is 27.3 Å². The molecule has 2 unspecified atom stereocenters. The Hall–Kier alpha value is -1.38. The maximum atomic E-state index is 13.2. The molecule has 2 aliphatic heterocycles. The Balaban J connectivity index is 1.65. The molecule has 8 heteroatoms. The van der Waals surface area contributed by atoms with Crippen molar-refractivity contribution in [1.82, 2.24) is 4.90 Å². The fourth-order valence-corrected chi connectivity index (χ4v) is 5.02. The van der Waals surface area contributed by atoms with Crippen molar-refractivity contribution in [2.45, 2.75) is 88.3 Å². The standard InChI is InChI=1S/C22H34BNO5S/c1-20(2,3)27-19(25)24-14-8-9-18(15-24)30(26)17-12-10-16(11-13-17)23-28-21(4,5)22(6,7)29-23/h10-13,18H,8-9,14-15H2,1-7H3. The molecule has 2 fully saturated rings. The van der Waals surface area contributed by atoms with Crippen molar-refractivity contribution < 1.29 is 23.0 Å². The number of carbonyl (C=O) groups is 1. The molecule has 1 aromatic rings. The van der Waals surface area contributed by atoms with Crippen LogP contribution >= 0.6 is 0 Å². The van der Waals surface area contributed by atoms with Gasteiger partial charge in [-0.3, -0.25) is 4.21 Å². The first-order valence-corrected chi connectivity index (χ1v) is 11.8. The van der Waals surface area contributed by atoms with Gasteiger partial charge in [0.2, 0.25) is 0 Å². The highest BCUT2D eigenvalue weighted by molar-refractivity contribution is 7.85. The molecule has 166 valence electrons. The number of nitrogens with zero attached hydrogens (tertiary/aromatic N) is 1. The van der Waals surface area contributed by atoms with E-state index in [1.54, 1.807) is 4.90 Å². The molecule has 2 heterocycles. The lowest BCUT2D eigenvalue weighted by Crippen LogP contribution is -2.45. The zero-order valence-corrected chi connectivity index (χ0v) is 20.0. The lowest BCUT2D eigenvalue weighted by atomic mass is 9.79. The second-order valence-corrected chi connectivity index (χ2v) is 11.9. The van der Waals surface area contributed by atoms with Gasteiger partial charge in [-0.15, -0.1) is 0 Å². The Morgan fingerprint density at radius 2 is 1.70 bits per heavy atom. The summed E-state index contributed by atoms with van der Waals surface area (Å²) in [5.74, 6) is 0. The first-order chi connectivity index (χ1) is 13.8. The molecule has 0 saturated carbocycles. The van der Waals surface area contributed by atoms with Crippen molar-refractivity contribution in [3.05, 3.63) is 24.3 Å². The van der Waals surface area contributed by atoms with Crippen LogP contribution in [0.5, 0.6) is 0 Å². The first-order valence-electron chi connectivity index (χ1n) is 10.6.